The SMILES string of the molecule is Cc1ccc([C@H](c2nnnn2CS(=O)(=O)c2ccc(C)cc2)[NH+]2CCC(C(N)=O)CC2)cc1. The van der Waals surface area contributed by atoms with Crippen molar-refractivity contribution in [1.29, 1.82) is 0 Å². The van der Waals surface area contributed by atoms with Gasteiger partial charge in [-0.05, 0) is 36.4 Å². The molecule has 0 unspecified atom stereocenters. The molecule has 10 heteroatoms. The number of nitrogens with zero attached hydrogens (tertiary/aromatic N) is 4. The highest BCUT2D eigenvalue weighted by Crippen LogP contribution is 2.22. The molecule has 3 aromatic rings. The van der Waals surface area contributed by atoms with Crippen LogP contribution in [0.2, 0.25) is 0 Å². The standard InChI is InChI=1S/C23H28N6O3S/c1-16-3-7-18(8-4-16)21(28-13-11-19(12-14-28)22(24)30)23-25-26-27-29(23)15-33(31,32)20-9-5-17(2)6-10-20/h3-10,19,21H,11-15H2,1-2H3,(H2,24,30)/p+1/t21-/m1/s1. The molecule has 2 aromatic carbocycles. The van der Waals surface area contributed by atoms with Crippen LogP contribution in [0.5, 0.6) is 0 Å². The van der Waals surface area contributed by atoms with E-state index in [9.17, 15) is 13.2 Å². The van der Waals surface area contributed by atoms with Crippen LogP contribution in [0.25, 0.3) is 0 Å². The molecule has 1 aliphatic rings. The molecule has 0 spiro atoms. The summed E-state index contributed by atoms with van der Waals surface area (Å²) in [6.07, 6.45) is 1.35. The molecule has 1 fully saturated rings. The van der Waals surface area contributed by atoms with Crippen molar-refractivity contribution < 1.29 is 18.1 Å². The second-order valence-electron chi connectivity index (χ2n) is 8.77. The Bertz CT molecular complexity index is 1210. The molecule has 1 aromatic heterocycles. The van der Waals surface area contributed by atoms with Gasteiger partial charge in [0.1, 0.15) is 0 Å². The third-order valence-corrected chi connectivity index (χ3v) is 7.91. The van der Waals surface area contributed by atoms with Gasteiger partial charge in [0.25, 0.3) is 0 Å². The van der Waals surface area contributed by atoms with Crippen molar-refractivity contribution in [2.45, 2.75) is 43.5 Å². The molecular weight excluding hydrogens is 440 g/mol. The molecule has 1 saturated heterocycles. The molecule has 3 N–H and O–H groups in total. The fraction of sp³-hybridized carbons (Fsp3) is 0.391. The van der Waals surface area contributed by atoms with Gasteiger partial charge in [-0.3, -0.25) is 4.79 Å². The van der Waals surface area contributed by atoms with E-state index in [1.54, 1.807) is 24.3 Å². The average molecular weight is 470 g/mol. The van der Waals surface area contributed by atoms with Gasteiger partial charge in [-0.2, -0.15) is 0 Å². The summed E-state index contributed by atoms with van der Waals surface area (Å²) in [4.78, 5) is 13.1. The molecule has 1 aliphatic heterocycles. The minimum absolute atomic E-state index is 0.134. The third kappa shape index (κ3) is 5.12. The van der Waals surface area contributed by atoms with E-state index in [0.29, 0.717) is 31.8 Å². The molecular formula is C23H29N6O3S+. The van der Waals surface area contributed by atoms with Crippen LogP contribution >= 0.6 is 0 Å². The summed E-state index contributed by atoms with van der Waals surface area (Å²) < 4.78 is 27.6. The first kappa shape index (κ1) is 23.1. The van der Waals surface area contributed by atoms with Crippen molar-refractivity contribution in [2.24, 2.45) is 11.7 Å². The van der Waals surface area contributed by atoms with Crippen LogP contribution in [0.3, 0.4) is 0 Å². The van der Waals surface area contributed by atoms with E-state index in [2.05, 4.69) is 15.5 Å². The number of piperidine rings is 1. The van der Waals surface area contributed by atoms with E-state index in [1.165, 1.54) is 9.58 Å². The van der Waals surface area contributed by atoms with E-state index < -0.39 is 9.84 Å². The number of aromatic nitrogens is 4. The lowest BCUT2D eigenvalue weighted by molar-refractivity contribution is -0.931. The van der Waals surface area contributed by atoms with Gasteiger partial charge < -0.3 is 10.6 Å². The monoisotopic (exact) mass is 469 g/mol. The maximum absolute atomic E-state index is 13.1. The molecule has 1 amide bonds. The van der Waals surface area contributed by atoms with E-state index in [0.717, 1.165) is 16.7 Å². The topological polar surface area (TPSA) is 125 Å². The number of nitrogens with one attached hydrogen (secondary N) is 1. The number of tetrazole rings is 1. The zero-order valence-corrected chi connectivity index (χ0v) is 19.6. The Morgan fingerprint density at radius 3 is 2.21 bits per heavy atom. The molecule has 0 saturated carbocycles. The highest BCUT2D eigenvalue weighted by atomic mass is 32.2. The molecule has 0 bridgehead atoms. The molecule has 0 aliphatic carbocycles. The van der Waals surface area contributed by atoms with E-state index >= 15 is 0 Å². The lowest BCUT2D eigenvalue weighted by Gasteiger charge is -2.33. The quantitative estimate of drug-likeness (QED) is 0.522. The number of aryl methyl sites for hydroxylation is 2. The number of amides is 1. The molecule has 0 radical (unpaired) electrons. The van der Waals surface area contributed by atoms with Crippen LogP contribution in [0.4, 0.5) is 0 Å². The fourth-order valence-electron chi connectivity index (χ4n) is 4.38. The normalized spacial score (nSPS) is 19.8. The summed E-state index contributed by atoms with van der Waals surface area (Å²) in [5, 5.41) is 12.1. The van der Waals surface area contributed by atoms with E-state index in [4.69, 9.17) is 5.73 Å². The van der Waals surface area contributed by atoms with Gasteiger partial charge >= 0.3 is 0 Å². The minimum atomic E-state index is -3.65. The predicted molar refractivity (Wildman–Crippen MR) is 122 cm³/mol. The zero-order valence-electron chi connectivity index (χ0n) is 18.8. The lowest BCUT2D eigenvalue weighted by atomic mass is 9.93. The van der Waals surface area contributed by atoms with Crippen LogP contribution in [0.15, 0.2) is 53.4 Å². The van der Waals surface area contributed by atoms with Crippen LogP contribution in [0, 0.1) is 19.8 Å². The minimum Gasteiger partial charge on any atom is -0.369 e. The Labute approximate surface area is 193 Å². The summed E-state index contributed by atoms with van der Waals surface area (Å²) in [5.74, 6) is -0.264. The van der Waals surface area contributed by atoms with Gasteiger partial charge in [-0.25, -0.2) is 13.1 Å². The number of rotatable bonds is 7. The summed E-state index contributed by atoms with van der Waals surface area (Å²) >= 11 is 0. The zero-order chi connectivity index (χ0) is 23.6. The van der Waals surface area contributed by atoms with Gasteiger partial charge in [0.05, 0.1) is 18.0 Å². The van der Waals surface area contributed by atoms with Crippen LogP contribution in [-0.4, -0.2) is 47.6 Å². The van der Waals surface area contributed by atoms with Crippen molar-refractivity contribution in [3.63, 3.8) is 0 Å². The number of hydrogen-bond donors (Lipinski definition) is 2. The summed E-state index contributed by atoms with van der Waals surface area (Å²) in [7, 11) is -3.65. The number of nitrogens with two attached hydrogens (primary N) is 1. The van der Waals surface area contributed by atoms with Gasteiger partial charge in [0.2, 0.25) is 11.7 Å². The van der Waals surface area contributed by atoms with Gasteiger partial charge in [0, 0.05) is 24.3 Å². The maximum Gasteiger partial charge on any atom is 0.220 e. The number of likely N-dealkylation sites (tertiary alicyclic amines) is 1. The smallest absolute Gasteiger partial charge is 0.220 e. The van der Waals surface area contributed by atoms with Crippen LogP contribution in [-0.2, 0) is 20.5 Å². The Hall–Kier alpha value is -3.11. The molecule has 1 atom stereocenters. The van der Waals surface area contributed by atoms with Crippen molar-refractivity contribution >= 4 is 15.7 Å². The highest BCUT2D eigenvalue weighted by Gasteiger charge is 2.36. The van der Waals surface area contributed by atoms with Gasteiger partial charge in [0.15, 0.2) is 21.8 Å². The lowest BCUT2D eigenvalue weighted by Crippen LogP contribution is -3.13. The Morgan fingerprint density at radius 1 is 1.06 bits per heavy atom. The van der Waals surface area contributed by atoms with E-state index in [1.807, 2.05) is 38.1 Å². The number of hydrogen-bond acceptors (Lipinski definition) is 6. The number of quaternary nitrogens is 1. The predicted octanol–water partition coefficient (Wildman–Crippen LogP) is 0.591. The molecule has 4 rings (SSSR count). The van der Waals surface area contributed by atoms with Crippen molar-refractivity contribution in [3.05, 3.63) is 71.0 Å². The van der Waals surface area contributed by atoms with Crippen molar-refractivity contribution in [2.75, 3.05) is 13.1 Å². The summed E-state index contributed by atoms with van der Waals surface area (Å²) in [6, 6.07) is 14.6. The number of carbonyl (C=O) groups is 1. The van der Waals surface area contributed by atoms with Crippen molar-refractivity contribution in [1.82, 2.24) is 20.2 Å². The fourth-order valence-corrected chi connectivity index (χ4v) is 5.59. The molecule has 2 heterocycles. The maximum atomic E-state index is 13.1. The Balaban J connectivity index is 1.67. The van der Waals surface area contributed by atoms with Gasteiger partial charge in [-0.15, -0.1) is 5.10 Å². The van der Waals surface area contributed by atoms with E-state index in [-0.39, 0.29) is 28.6 Å². The van der Waals surface area contributed by atoms with Crippen LogP contribution < -0.4 is 10.6 Å². The van der Waals surface area contributed by atoms with Crippen LogP contribution in [0.1, 0.15) is 41.4 Å². The highest BCUT2D eigenvalue weighted by molar-refractivity contribution is 7.90. The number of primary amides is 1. The second kappa shape index (κ2) is 9.40. The molecule has 9 nitrogen and oxygen atoms in total. The number of carbonyl (C=O) groups excluding carboxylic acids is 1. The average Bonchev–Trinajstić information content (AvgIpc) is 3.23. The second-order valence-corrected chi connectivity index (χ2v) is 10.7. The summed E-state index contributed by atoms with van der Waals surface area (Å²) in [5.41, 5.74) is 8.63. The van der Waals surface area contributed by atoms with Gasteiger partial charge in [-0.1, -0.05) is 47.5 Å². The Kier molecular flexibility index (Phi) is 6.57. The first-order chi connectivity index (χ1) is 15.7. The largest absolute Gasteiger partial charge is 0.369 e. The Morgan fingerprint density at radius 2 is 1.64 bits per heavy atom. The first-order valence-corrected chi connectivity index (χ1v) is 12.7. The molecule has 33 heavy (non-hydrogen) atoms. The third-order valence-electron chi connectivity index (χ3n) is 6.34. The van der Waals surface area contributed by atoms with Crippen molar-refractivity contribution in [3.8, 4) is 0 Å². The summed E-state index contributed by atoms with van der Waals surface area (Å²) in [6.45, 7) is 5.35. The first-order valence-electron chi connectivity index (χ1n) is 11.0. The number of benzene rings is 2. The number of sulfone groups is 1. The molecule has 174 valence electrons.